The summed E-state index contributed by atoms with van der Waals surface area (Å²) in [6.45, 7) is 3.54. The van der Waals surface area contributed by atoms with Crippen LogP contribution in [-0.4, -0.2) is 36.5 Å². The van der Waals surface area contributed by atoms with Gasteiger partial charge in [-0.1, -0.05) is 42.5 Å². The van der Waals surface area contributed by atoms with E-state index >= 15 is 0 Å². The van der Waals surface area contributed by atoms with Crippen molar-refractivity contribution in [3.05, 3.63) is 48.0 Å². The van der Waals surface area contributed by atoms with Gasteiger partial charge in [0.05, 0.1) is 12.5 Å². The maximum Gasteiger partial charge on any atom is 0.309 e. The molecule has 2 aromatic carbocycles. The molecule has 0 radical (unpaired) electrons. The highest BCUT2D eigenvalue weighted by Gasteiger charge is 2.27. The molecule has 0 saturated carbocycles. The molecule has 0 bridgehead atoms. The summed E-state index contributed by atoms with van der Waals surface area (Å²) in [5, 5.41) is 2.43. The number of likely N-dealkylation sites (tertiary alicyclic amines) is 1. The lowest BCUT2D eigenvalue weighted by Crippen LogP contribution is -2.40. The van der Waals surface area contributed by atoms with Gasteiger partial charge >= 0.3 is 5.97 Å². The molecule has 1 saturated heterocycles. The number of carbonyl (C=O) groups excluding carboxylic acids is 2. The van der Waals surface area contributed by atoms with Crippen molar-refractivity contribution in [2.45, 2.75) is 32.6 Å². The molecule has 1 aliphatic rings. The standard InChI is InChI=1S/C21H25NO3/c1-2-25-21(24)18-12-14-22(15-13-18)20(23)11-10-17-8-5-7-16-6-3-4-9-19(16)17/h3-9,18H,2,10-15H2,1H3. The minimum atomic E-state index is -0.120. The number of carbonyl (C=O) groups is 2. The molecule has 0 unspecified atom stereocenters. The zero-order chi connectivity index (χ0) is 17.6. The fourth-order valence-corrected chi connectivity index (χ4v) is 3.53. The summed E-state index contributed by atoms with van der Waals surface area (Å²) in [6.07, 6.45) is 2.67. The lowest BCUT2D eigenvalue weighted by Gasteiger charge is -2.31. The smallest absolute Gasteiger partial charge is 0.309 e. The summed E-state index contributed by atoms with van der Waals surface area (Å²) in [6, 6.07) is 14.5. The van der Waals surface area contributed by atoms with Crippen molar-refractivity contribution in [3.8, 4) is 0 Å². The third kappa shape index (κ3) is 4.19. The van der Waals surface area contributed by atoms with Gasteiger partial charge in [-0.2, -0.15) is 0 Å². The Hall–Kier alpha value is -2.36. The third-order valence-electron chi connectivity index (χ3n) is 4.96. The van der Waals surface area contributed by atoms with Gasteiger partial charge in [0.25, 0.3) is 0 Å². The first kappa shape index (κ1) is 17.5. The second-order valence-corrected chi connectivity index (χ2v) is 6.55. The maximum absolute atomic E-state index is 12.5. The largest absolute Gasteiger partial charge is 0.466 e. The molecular formula is C21H25NO3. The second kappa shape index (κ2) is 8.15. The summed E-state index contributed by atoms with van der Waals surface area (Å²) in [5.74, 6) is 0.00247. The third-order valence-corrected chi connectivity index (χ3v) is 4.96. The minimum Gasteiger partial charge on any atom is -0.466 e. The van der Waals surface area contributed by atoms with Crippen LogP contribution in [0.2, 0.25) is 0 Å². The summed E-state index contributed by atoms with van der Waals surface area (Å²) < 4.78 is 5.08. The van der Waals surface area contributed by atoms with Gasteiger partial charge in [-0.05, 0) is 42.5 Å². The molecule has 4 heteroatoms. The Balaban J connectivity index is 1.54. The topological polar surface area (TPSA) is 46.6 Å². The summed E-state index contributed by atoms with van der Waals surface area (Å²) in [7, 11) is 0. The van der Waals surface area contributed by atoms with E-state index in [4.69, 9.17) is 4.74 Å². The molecule has 1 aliphatic heterocycles. The Morgan fingerprint density at radius 1 is 1.08 bits per heavy atom. The van der Waals surface area contributed by atoms with Crippen LogP contribution < -0.4 is 0 Å². The van der Waals surface area contributed by atoms with Crippen LogP contribution in [0.25, 0.3) is 10.8 Å². The Kier molecular flexibility index (Phi) is 5.69. The van der Waals surface area contributed by atoms with Crippen LogP contribution in [0.1, 0.15) is 31.7 Å². The quantitative estimate of drug-likeness (QED) is 0.782. The van der Waals surface area contributed by atoms with Crippen LogP contribution in [0, 0.1) is 5.92 Å². The highest BCUT2D eigenvalue weighted by atomic mass is 16.5. The molecule has 3 rings (SSSR count). The Labute approximate surface area is 148 Å². The SMILES string of the molecule is CCOC(=O)C1CCN(C(=O)CCc2cccc3ccccc23)CC1. The van der Waals surface area contributed by atoms with Crippen molar-refractivity contribution in [3.63, 3.8) is 0 Å². The van der Waals surface area contributed by atoms with Crippen LogP contribution in [0.5, 0.6) is 0 Å². The second-order valence-electron chi connectivity index (χ2n) is 6.55. The number of aryl methyl sites for hydroxylation is 1. The number of amides is 1. The van der Waals surface area contributed by atoms with Crippen LogP contribution in [0.15, 0.2) is 42.5 Å². The summed E-state index contributed by atoms with van der Waals surface area (Å²) >= 11 is 0. The number of hydrogen-bond acceptors (Lipinski definition) is 3. The molecule has 132 valence electrons. The van der Waals surface area contributed by atoms with E-state index in [0.717, 1.165) is 6.42 Å². The van der Waals surface area contributed by atoms with Crippen molar-refractivity contribution < 1.29 is 14.3 Å². The normalized spacial score (nSPS) is 15.3. The fraction of sp³-hybridized carbons (Fsp3) is 0.429. The maximum atomic E-state index is 12.5. The molecule has 0 N–H and O–H groups in total. The fourth-order valence-electron chi connectivity index (χ4n) is 3.53. The molecule has 1 heterocycles. The molecule has 1 fully saturated rings. The molecule has 0 aliphatic carbocycles. The number of benzene rings is 2. The molecule has 0 aromatic heterocycles. The van der Waals surface area contributed by atoms with Crippen molar-refractivity contribution in [2.24, 2.45) is 5.92 Å². The van der Waals surface area contributed by atoms with E-state index in [2.05, 4.69) is 24.3 Å². The van der Waals surface area contributed by atoms with Crippen molar-refractivity contribution in [1.29, 1.82) is 0 Å². The van der Waals surface area contributed by atoms with Crippen molar-refractivity contribution >= 4 is 22.6 Å². The first-order valence-corrected chi connectivity index (χ1v) is 9.10. The van der Waals surface area contributed by atoms with Crippen LogP contribution in [0.4, 0.5) is 0 Å². The Morgan fingerprint density at radius 2 is 1.80 bits per heavy atom. The van der Waals surface area contributed by atoms with E-state index in [0.29, 0.717) is 39.0 Å². The molecule has 4 nitrogen and oxygen atoms in total. The van der Waals surface area contributed by atoms with E-state index in [1.165, 1.54) is 16.3 Å². The van der Waals surface area contributed by atoms with Gasteiger partial charge in [0.1, 0.15) is 0 Å². The molecule has 25 heavy (non-hydrogen) atoms. The van der Waals surface area contributed by atoms with E-state index in [1.54, 1.807) is 0 Å². The highest BCUT2D eigenvalue weighted by molar-refractivity contribution is 5.86. The van der Waals surface area contributed by atoms with E-state index in [1.807, 2.05) is 30.0 Å². The number of piperidine rings is 1. The molecular weight excluding hydrogens is 314 g/mol. The summed E-state index contributed by atoms with van der Waals surface area (Å²) in [5.41, 5.74) is 1.22. The molecule has 1 amide bonds. The van der Waals surface area contributed by atoms with Crippen molar-refractivity contribution in [2.75, 3.05) is 19.7 Å². The predicted octanol–water partition coefficient (Wildman–Crippen LogP) is 3.57. The molecule has 2 aromatic rings. The highest BCUT2D eigenvalue weighted by Crippen LogP contribution is 2.22. The van der Waals surface area contributed by atoms with Gasteiger partial charge in [-0.3, -0.25) is 9.59 Å². The monoisotopic (exact) mass is 339 g/mol. The Morgan fingerprint density at radius 3 is 2.56 bits per heavy atom. The van der Waals surface area contributed by atoms with Gasteiger partial charge in [-0.15, -0.1) is 0 Å². The zero-order valence-corrected chi connectivity index (χ0v) is 14.7. The zero-order valence-electron chi connectivity index (χ0n) is 14.7. The first-order valence-electron chi connectivity index (χ1n) is 9.10. The lowest BCUT2D eigenvalue weighted by molar-refractivity contribution is -0.151. The van der Waals surface area contributed by atoms with Crippen molar-refractivity contribution in [1.82, 2.24) is 4.90 Å². The Bertz CT molecular complexity index is 742. The number of ether oxygens (including phenoxy) is 1. The number of fused-ring (bicyclic) bond motifs is 1. The first-order chi connectivity index (χ1) is 12.2. The van der Waals surface area contributed by atoms with E-state index in [-0.39, 0.29) is 17.8 Å². The van der Waals surface area contributed by atoms with Crippen LogP contribution in [-0.2, 0) is 20.7 Å². The van der Waals surface area contributed by atoms with Gasteiger partial charge in [-0.25, -0.2) is 0 Å². The van der Waals surface area contributed by atoms with E-state index < -0.39 is 0 Å². The van der Waals surface area contributed by atoms with E-state index in [9.17, 15) is 9.59 Å². The number of rotatable bonds is 5. The molecule has 0 spiro atoms. The van der Waals surface area contributed by atoms with Crippen LogP contribution >= 0.6 is 0 Å². The van der Waals surface area contributed by atoms with Gasteiger partial charge in [0.2, 0.25) is 5.91 Å². The lowest BCUT2D eigenvalue weighted by atomic mass is 9.96. The van der Waals surface area contributed by atoms with Gasteiger partial charge in [0, 0.05) is 19.5 Å². The van der Waals surface area contributed by atoms with Gasteiger partial charge < -0.3 is 9.64 Å². The number of hydrogen-bond donors (Lipinski definition) is 0. The number of esters is 1. The average Bonchev–Trinajstić information content (AvgIpc) is 2.66. The predicted molar refractivity (Wildman–Crippen MR) is 98.2 cm³/mol. The minimum absolute atomic E-state index is 0.0536. The summed E-state index contributed by atoms with van der Waals surface area (Å²) in [4.78, 5) is 26.2. The average molecular weight is 339 g/mol. The van der Waals surface area contributed by atoms with Crippen LogP contribution in [0.3, 0.4) is 0 Å². The number of nitrogens with zero attached hydrogens (tertiary/aromatic N) is 1. The molecule has 0 atom stereocenters. The van der Waals surface area contributed by atoms with Gasteiger partial charge in [0.15, 0.2) is 0 Å².